The molecule has 0 aromatic heterocycles. The third kappa shape index (κ3) is 4.00. The molecule has 0 atom stereocenters. The zero-order valence-corrected chi connectivity index (χ0v) is 16.1. The van der Waals surface area contributed by atoms with Crippen molar-refractivity contribution in [2.24, 2.45) is 0 Å². The molecule has 2 aromatic rings. The Hall–Kier alpha value is -3.30. The summed E-state index contributed by atoms with van der Waals surface area (Å²) < 4.78 is 4.97. The van der Waals surface area contributed by atoms with Gasteiger partial charge in [-0.2, -0.15) is 5.26 Å². The van der Waals surface area contributed by atoms with Gasteiger partial charge in [-0.3, -0.25) is 4.79 Å². The van der Waals surface area contributed by atoms with Crippen LogP contribution in [0.5, 0.6) is 0 Å². The topological polar surface area (TPSA) is 79.2 Å². The van der Waals surface area contributed by atoms with Gasteiger partial charge in [-0.25, -0.2) is 4.79 Å². The van der Waals surface area contributed by atoms with Gasteiger partial charge in [0, 0.05) is 20.9 Å². The maximum Gasteiger partial charge on any atom is 0.333 e. The highest BCUT2D eigenvalue weighted by Gasteiger charge is 2.26. The first-order chi connectivity index (χ1) is 13.5. The van der Waals surface area contributed by atoms with Gasteiger partial charge in [-0.15, -0.1) is 0 Å². The van der Waals surface area contributed by atoms with Gasteiger partial charge in [0.25, 0.3) is 5.91 Å². The summed E-state index contributed by atoms with van der Waals surface area (Å²) in [7, 11) is 0. The second kappa shape index (κ2) is 8.59. The third-order valence-corrected chi connectivity index (χ3v) is 5.24. The van der Waals surface area contributed by atoms with E-state index in [4.69, 9.17) is 4.74 Å². The summed E-state index contributed by atoms with van der Waals surface area (Å²) in [6, 6.07) is 17.5. The van der Waals surface area contributed by atoms with Crippen LogP contribution in [0.3, 0.4) is 0 Å². The molecule has 1 aliphatic heterocycles. The maximum atomic E-state index is 12.7. The van der Waals surface area contributed by atoms with Crippen LogP contribution in [0.4, 0.5) is 0 Å². The molecule has 0 fully saturated rings. The van der Waals surface area contributed by atoms with Crippen LogP contribution < -0.4 is 5.32 Å². The molecule has 3 rings (SSSR count). The van der Waals surface area contributed by atoms with E-state index >= 15 is 0 Å². The van der Waals surface area contributed by atoms with Crippen LogP contribution in [0.25, 0.3) is 5.57 Å². The Balaban J connectivity index is 1.90. The molecule has 2 aromatic carbocycles. The molecule has 1 N–H and O–H groups in total. The van der Waals surface area contributed by atoms with Crippen LogP contribution >= 0.6 is 11.8 Å². The highest BCUT2D eigenvalue weighted by molar-refractivity contribution is 7.99. The monoisotopic (exact) mass is 390 g/mol. The Morgan fingerprint density at radius 3 is 2.21 bits per heavy atom. The number of carbonyl (C=O) groups excluding carboxylic acids is 2. The van der Waals surface area contributed by atoms with Crippen molar-refractivity contribution in [3.63, 3.8) is 0 Å². The van der Waals surface area contributed by atoms with E-state index in [-0.39, 0.29) is 18.7 Å². The third-order valence-electron chi connectivity index (χ3n) is 4.09. The molecule has 140 valence electrons. The number of hydrogen-bond acceptors (Lipinski definition) is 5. The van der Waals surface area contributed by atoms with Crippen molar-refractivity contribution in [3.05, 3.63) is 77.4 Å². The summed E-state index contributed by atoms with van der Waals surface area (Å²) in [6.45, 7) is 5.16. The van der Waals surface area contributed by atoms with E-state index < -0.39 is 11.9 Å². The number of esters is 1. The molecular weight excluding hydrogens is 372 g/mol. The molecule has 0 saturated carbocycles. The number of benzene rings is 2. The van der Waals surface area contributed by atoms with Crippen LogP contribution in [0, 0.1) is 11.3 Å². The van der Waals surface area contributed by atoms with Crippen molar-refractivity contribution < 1.29 is 14.3 Å². The second-order valence-corrected chi connectivity index (χ2v) is 7.21. The number of amides is 1. The summed E-state index contributed by atoms with van der Waals surface area (Å²) in [5, 5.41) is 12.4. The predicted molar refractivity (Wildman–Crippen MR) is 107 cm³/mol. The van der Waals surface area contributed by atoms with Crippen molar-refractivity contribution >= 4 is 29.2 Å². The average Bonchev–Trinajstić information content (AvgIpc) is 2.70. The number of carbonyl (C=O) groups is 2. The van der Waals surface area contributed by atoms with Crippen molar-refractivity contribution in [1.29, 1.82) is 5.26 Å². The first-order valence-corrected chi connectivity index (χ1v) is 9.46. The van der Waals surface area contributed by atoms with Gasteiger partial charge < -0.3 is 10.1 Å². The fraction of sp³-hybridized carbons (Fsp3) is 0.136. The van der Waals surface area contributed by atoms with Gasteiger partial charge in [0.05, 0.1) is 6.54 Å². The molecule has 0 unspecified atom stereocenters. The predicted octanol–water partition coefficient (Wildman–Crippen LogP) is 3.71. The molecule has 0 spiro atoms. The molecule has 28 heavy (non-hydrogen) atoms. The smallest absolute Gasteiger partial charge is 0.333 e. The number of nitrogens with zero attached hydrogens (tertiary/aromatic N) is 1. The maximum absolute atomic E-state index is 12.7. The van der Waals surface area contributed by atoms with E-state index in [0.717, 1.165) is 20.9 Å². The van der Waals surface area contributed by atoms with E-state index in [1.54, 1.807) is 18.7 Å². The molecule has 6 heteroatoms. The van der Waals surface area contributed by atoms with Crippen LogP contribution in [0.2, 0.25) is 0 Å². The van der Waals surface area contributed by atoms with E-state index in [0.29, 0.717) is 11.1 Å². The highest BCUT2D eigenvalue weighted by Crippen LogP contribution is 2.46. The normalized spacial score (nSPS) is 11.5. The standard InChI is InChI=1S/C22H18N2O3S/c1-14(2)22(26)27-12-11-24-21(25)17(13-23)20-15-7-3-5-9-18(15)28-19-10-6-4-8-16(19)20/h3-10H,1,11-12H2,2H3,(H,24,25). The van der Waals surface area contributed by atoms with E-state index in [9.17, 15) is 14.9 Å². The Labute approximate surface area is 167 Å². The highest BCUT2D eigenvalue weighted by atomic mass is 32.2. The zero-order chi connectivity index (χ0) is 20.1. The number of nitriles is 1. The SMILES string of the molecule is C=C(C)C(=O)OCCNC(=O)C(C#N)=C1c2ccccc2Sc2ccccc21. The summed E-state index contributed by atoms with van der Waals surface area (Å²) in [6.07, 6.45) is 0. The first kappa shape index (κ1) is 19.5. The fourth-order valence-corrected chi connectivity index (χ4v) is 3.89. The fourth-order valence-electron chi connectivity index (χ4n) is 2.80. The number of hydrogen-bond donors (Lipinski definition) is 1. The van der Waals surface area contributed by atoms with Crippen LogP contribution in [0.1, 0.15) is 18.1 Å². The molecule has 1 aliphatic rings. The van der Waals surface area contributed by atoms with Crippen molar-refractivity contribution in [3.8, 4) is 6.07 Å². The van der Waals surface area contributed by atoms with Gasteiger partial charge in [-0.1, -0.05) is 54.7 Å². The van der Waals surface area contributed by atoms with Crippen LogP contribution in [-0.4, -0.2) is 25.0 Å². The van der Waals surface area contributed by atoms with Gasteiger partial charge in [-0.05, 0) is 30.2 Å². The van der Waals surface area contributed by atoms with Crippen molar-refractivity contribution in [1.82, 2.24) is 5.32 Å². The van der Waals surface area contributed by atoms with Crippen LogP contribution in [-0.2, 0) is 14.3 Å². The number of fused-ring (bicyclic) bond motifs is 2. The first-order valence-electron chi connectivity index (χ1n) is 8.64. The Morgan fingerprint density at radius 1 is 1.11 bits per heavy atom. The minimum absolute atomic E-state index is 0.00843. The summed E-state index contributed by atoms with van der Waals surface area (Å²) in [4.78, 5) is 26.1. The van der Waals surface area contributed by atoms with Crippen molar-refractivity contribution in [2.45, 2.75) is 16.7 Å². The van der Waals surface area contributed by atoms with Gasteiger partial charge >= 0.3 is 5.97 Å². The number of rotatable bonds is 5. The Bertz CT molecular complexity index is 987. The molecule has 0 aliphatic carbocycles. The summed E-state index contributed by atoms with van der Waals surface area (Å²) in [5.41, 5.74) is 2.65. The number of ether oxygens (including phenoxy) is 1. The quantitative estimate of drug-likeness (QED) is 0.311. The molecule has 0 saturated heterocycles. The minimum atomic E-state index is -0.514. The average molecular weight is 390 g/mol. The van der Waals surface area contributed by atoms with E-state index in [2.05, 4.69) is 18.0 Å². The van der Waals surface area contributed by atoms with E-state index in [1.807, 2.05) is 48.5 Å². The minimum Gasteiger partial charge on any atom is -0.460 e. The zero-order valence-electron chi connectivity index (χ0n) is 15.3. The summed E-state index contributed by atoms with van der Waals surface area (Å²) >= 11 is 1.61. The number of nitrogens with one attached hydrogen (secondary N) is 1. The van der Waals surface area contributed by atoms with Gasteiger partial charge in [0.1, 0.15) is 18.2 Å². The van der Waals surface area contributed by atoms with E-state index in [1.165, 1.54) is 0 Å². The van der Waals surface area contributed by atoms with Gasteiger partial charge in [0.15, 0.2) is 0 Å². The Kier molecular flexibility index (Phi) is 5.97. The second-order valence-electron chi connectivity index (χ2n) is 6.13. The summed E-state index contributed by atoms with van der Waals surface area (Å²) in [5.74, 6) is -1.01. The lowest BCUT2D eigenvalue weighted by Gasteiger charge is -2.22. The molecule has 5 nitrogen and oxygen atoms in total. The van der Waals surface area contributed by atoms with Crippen LogP contribution in [0.15, 0.2) is 76.0 Å². The molecular formula is C22H18N2O3S. The van der Waals surface area contributed by atoms with Gasteiger partial charge in [0.2, 0.25) is 0 Å². The lowest BCUT2D eigenvalue weighted by Crippen LogP contribution is -2.29. The molecule has 1 amide bonds. The van der Waals surface area contributed by atoms with Crippen molar-refractivity contribution in [2.75, 3.05) is 13.2 Å². The molecule has 1 heterocycles. The molecule has 0 radical (unpaired) electrons. The lowest BCUT2D eigenvalue weighted by atomic mass is 9.92. The lowest BCUT2D eigenvalue weighted by molar-refractivity contribution is -0.139. The Morgan fingerprint density at radius 2 is 1.68 bits per heavy atom. The largest absolute Gasteiger partial charge is 0.460 e. The molecule has 0 bridgehead atoms.